The Morgan fingerprint density at radius 3 is 2.52 bits per heavy atom. The van der Waals surface area contributed by atoms with Gasteiger partial charge in [-0.25, -0.2) is 4.39 Å². The van der Waals surface area contributed by atoms with Crippen molar-refractivity contribution < 1.29 is 14.1 Å². The van der Waals surface area contributed by atoms with E-state index in [1.807, 2.05) is 0 Å². The quantitative estimate of drug-likeness (QED) is 0.479. The van der Waals surface area contributed by atoms with Gasteiger partial charge in [0.05, 0.1) is 11.5 Å². The average molecular weight is 355 g/mol. The molecule has 0 N–H and O–H groups in total. The molecule has 0 unspecified atom stereocenters. The normalized spacial score (nSPS) is 10.4. The minimum Gasteiger partial charge on any atom is -0.301 e. The van der Waals surface area contributed by atoms with Crippen LogP contribution in [0.5, 0.6) is 0 Å². The summed E-state index contributed by atoms with van der Waals surface area (Å²) in [5.41, 5.74) is -1.29. The number of carbonyl (C=O) groups is 1. The molecule has 0 bridgehead atoms. The molecule has 1 aromatic heterocycles. The summed E-state index contributed by atoms with van der Waals surface area (Å²) in [5, 5.41) is 10.8. The molecule has 0 aliphatic carbocycles. The minimum absolute atomic E-state index is 0.214. The number of ketones is 1. The van der Waals surface area contributed by atoms with Crippen LogP contribution in [0.1, 0.15) is 10.4 Å². The molecule has 6 nitrogen and oxygen atoms in total. The number of rotatable bonds is 4. The van der Waals surface area contributed by atoms with E-state index in [1.54, 1.807) is 0 Å². The van der Waals surface area contributed by atoms with E-state index in [1.165, 1.54) is 18.3 Å². The zero-order valence-electron chi connectivity index (χ0n) is 10.5. The number of benzene rings is 1. The molecular weight excluding hydrogens is 347 g/mol. The highest BCUT2D eigenvalue weighted by Gasteiger charge is 2.17. The molecule has 1 heterocycles. The van der Waals surface area contributed by atoms with Crippen molar-refractivity contribution in [1.29, 1.82) is 0 Å². The van der Waals surface area contributed by atoms with Gasteiger partial charge in [0.2, 0.25) is 0 Å². The molecule has 2 aromatic rings. The maximum atomic E-state index is 12.8. The van der Waals surface area contributed by atoms with Crippen molar-refractivity contribution in [3.8, 4) is 0 Å². The van der Waals surface area contributed by atoms with Crippen LogP contribution >= 0.6 is 15.9 Å². The van der Waals surface area contributed by atoms with Crippen LogP contribution in [0.4, 0.5) is 10.1 Å². The Hall–Kier alpha value is -2.35. The molecule has 0 spiro atoms. The van der Waals surface area contributed by atoms with Crippen molar-refractivity contribution in [2.75, 3.05) is 0 Å². The van der Waals surface area contributed by atoms with Crippen LogP contribution in [0, 0.1) is 15.9 Å². The largest absolute Gasteiger partial charge is 0.335 e. The highest BCUT2D eigenvalue weighted by molar-refractivity contribution is 9.10. The molecule has 0 aliphatic heterocycles. The van der Waals surface area contributed by atoms with E-state index in [-0.39, 0.29) is 12.1 Å². The zero-order valence-corrected chi connectivity index (χ0v) is 12.0. The topological polar surface area (TPSA) is 82.2 Å². The van der Waals surface area contributed by atoms with Gasteiger partial charge in [0.15, 0.2) is 5.78 Å². The second kappa shape index (κ2) is 5.96. The van der Waals surface area contributed by atoms with Gasteiger partial charge in [-0.2, -0.15) is 0 Å². The lowest BCUT2D eigenvalue weighted by Gasteiger charge is -2.06. The molecular formula is C13H8BrFN2O4. The van der Waals surface area contributed by atoms with Crippen LogP contribution in [-0.2, 0) is 6.54 Å². The third-order valence-corrected chi connectivity index (χ3v) is 3.14. The van der Waals surface area contributed by atoms with Gasteiger partial charge in [0.25, 0.3) is 0 Å². The number of nitro groups is 1. The second-order valence-corrected chi connectivity index (χ2v) is 5.08. The molecule has 0 fully saturated rings. The number of aromatic nitrogens is 1. The standard InChI is InChI=1S/C13H8BrFN2O4/c14-9-5-11(17(20)21)13(19)16(6-9)7-12(18)8-1-3-10(15)4-2-8/h1-6H,7H2. The van der Waals surface area contributed by atoms with Crippen LogP contribution in [0.3, 0.4) is 0 Å². The summed E-state index contributed by atoms with van der Waals surface area (Å²) in [4.78, 5) is 33.8. The predicted octanol–water partition coefficient (Wildman–Crippen LogP) is 2.54. The van der Waals surface area contributed by atoms with Crippen molar-refractivity contribution in [3.05, 3.63) is 72.9 Å². The summed E-state index contributed by atoms with van der Waals surface area (Å²) < 4.78 is 14.0. The molecule has 0 aliphatic rings. The number of hydrogen-bond acceptors (Lipinski definition) is 4. The summed E-state index contributed by atoms with van der Waals surface area (Å²) in [5.74, 6) is -0.939. The summed E-state index contributed by atoms with van der Waals surface area (Å²) in [6.45, 7) is -0.370. The Morgan fingerprint density at radius 2 is 1.95 bits per heavy atom. The van der Waals surface area contributed by atoms with E-state index in [0.29, 0.717) is 4.47 Å². The minimum atomic E-state index is -0.876. The number of carbonyl (C=O) groups excluding carboxylic acids is 1. The van der Waals surface area contributed by atoms with Crippen LogP contribution < -0.4 is 5.56 Å². The monoisotopic (exact) mass is 354 g/mol. The van der Waals surface area contributed by atoms with Crippen LogP contribution in [0.15, 0.2) is 45.8 Å². The summed E-state index contributed by atoms with van der Waals surface area (Å²) in [7, 11) is 0. The van der Waals surface area contributed by atoms with E-state index in [2.05, 4.69) is 15.9 Å². The molecule has 21 heavy (non-hydrogen) atoms. The van der Waals surface area contributed by atoms with E-state index in [4.69, 9.17) is 0 Å². The summed E-state index contributed by atoms with van der Waals surface area (Å²) in [6, 6.07) is 5.89. The first-order valence-electron chi connectivity index (χ1n) is 5.71. The van der Waals surface area contributed by atoms with Crippen molar-refractivity contribution in [2.45, 2.75) is 6.54 Å². The van der Waals surface area contributed by atoms with Gasteiger partial charge in [0, 0.05) is 22.3 Å². The zero-order chi connectivity index (χ0) is 15.6. The van der Waals surface area contributed by atoms with Gasteiger partial charge >= 0.3 is 11.2 Å². The molecule has 8 heteroatoms. The van der Waals surface area contributed by atoms with Crippen molar-refractivity contribution in [1.82, 2.24) is 4.57 Å². The Kier molecular flexibility index (Phi) is 4.27. The SMILES string of the molecule is O=C(Cn1cc(Br)cc([N+](=O)[O-])c1=O)c1ccc(F)cc1. The smallest absolute Gasteiger partial charge is 0.301 e. The highest BCUT2D eigenvalue weighted by atomic mass is 79.9. The van der Waals surface area contributed by atoms with Gasteiger partial charge in [0.1, 0.15) is 5.82 Å². The van der Waals surface area contributed by atoms with Crippen LogP contribution in [0.2, 0.25) is 0 Å². The Bertz CT molecular complexity index is 771. The van der Waals surface area contributed by atoms with Gasteiger partial charge in [-0.3, -0.25) is 19.7 Å². The molecule has 0 atom stereocenters. The number of hydrogen-bond donors (Lipinski definition) is 0. The predicted molar refractivity (Wildman–Crippen MR) is 75.8 cm³/mol. The van der Waals surface area contributed by atoms with Crippen molar-refractivity contribution in [2.24, 2.45) is 0 Å². The van der Waals surface area contributed by atoms with E-state index < -0.39 is 27.8 Å². The summed E-state index contributed by atoms with van der Waals surface area (Å²) in [6.07, 6.45) is 1.29. The Morgan fingerprint density at radius 1 is 1.33 bits per heavy atom. The van der Waals surface area contributed by atoms with Crippen LogP contribution in [0.25, 0.3) is 0 Å². The first kappa shape index (κ1) is 15.0. The first-order chi connectivity index (χ1) is 9.88. The molecule has 0 radical (unpaired) electrons. The first-order valence-corrected chi connectivity index (χ1v) is 6.51. The second-order valence-electron chi connectivity index (χ2n) is 4.16. The lowest BCUT2D eigenvalue weighted by Crippen LogP contribution is -2.25. The average Bonchev–Trinajstić information content (AvgIpc) is 2.42. The maximum Gasteiger partial charge on any atom is 0.335 e. The fourth-order valence-corrected chi connectivity index (χ4v) is 2.18. The molecule has 0 amide bonds. The fourth-order valence-electron chi connectivity index (χ4n) is 1.71. The number of nitrogens with zero attached hydrogens (tertiary/aromatic N) is 2. The summed E-state index contributed by atoms with van der Waals surface area (Å²) >= 11 is 3.05. The maximum absolute atomic E-state index is 12.8. The third-order valence-electron chi connectivity index (χ3n) is 2.71. The lowest BCUT2D eigenvalue weighted by atomic mass is 10.1. The molecule has 1 aromatic carbocycles. The van der Waals surface area contributed by atoms with E-state index >= 15 is 0 Å². The molecule has 108 valence electrons. The van der Waals surface area contributed by atoms with Crippen LogP contribution in [-0.4, -0.2) is 15.3 Å². The third kappa shape index (κ3) is 3.40. The van der Waals surface area contributed by atoms with Gasteiger partial charge < -0.3 is 4.57 Å². The Labute approximate surface area is 126 Å². The van der Waals surface area contributed by atoms with E-state index in [9.17, 15) is 24.1 Å². The molecule has 2 rings (SSSR count). The van der Waals surface area contributed by atoms with Gasteiger partial charge in [-0.1, -0.05) is 0 Å². The Balaban J connectivity index is 2.35. The number of halogens is 2. The molecule has 0 saturated heterocycles. The fraction of sp³-hybridized carbons (Fsp3) is 0.0769. The van der Waals surface area contributed by atoms with Crippen molar-refractivity contribution >= 4 is 27.4 Å². The number of pyridine rings is 1. The van der Waals surface area contributed by atoms with Gasteiger partial charge in [-0.15, -0.1) is 0 Å². The van der Waals surface area contributed by atoms with Gasteiger partial charge in [-0.05, 0) is 40.2 Å². The van der Waals surface area contributed by atoms with Crippen molar-refractivity contribution in [3.63, 3.8) is 0 Å². The van der Waals surface area contributed by atoms with E-state index in [0.717, 1.165) is 22.8 Å². The molecule has 0 saturated carbocycles. The number of Topliss-reactive ketones (excluding diaryl/α,β-unsaturated/α-hetero) is 1. The highest BCUT2D eigenvalue weighted by Crippen LogP contribution is 2.14. The lowest BCUT2D eigenvalue weighted by molar-refractivity contribution is -0.386.